The van der Waals surface area contributed by atoms with E-state index in [0.29, 0.717) is 11.5 Å². The first-order valence-electron chi connectivity index (χ1n) is 3.68. The van der Waals surface area contributed by atoms with Crippen molar-refractivity contribution in [3.05, 3.63) is 18.2 Å². The van der Waals surface area contributed by atoms with Gasteiger partial charge in [-0.25, -0.2) is 0 Å². The topological polar surface area (TPSA) is 72.8 Å². The molecule has 0 unspecified atom stereocenters. The van der Waals surface area contributed by atoms with Crippen LogP contribution in [0.2, 0.25) is 0 Å². The van der Waals surface area contributed by atoms with Crippen molar-refractivity contribution in [1.82, 2.24) is 0 Å². The molecule has 0 aromatic heterocycles. The molecule has 1 aromatic rings. The Morgan fingerprint density at radius 1 is 1.13 bits per heavy atom. The molecule has 15 heavy (non-hydrogen) atoms. The minimum absolute atomic E-state index is 0. The second-order valence-electron chi connectivity index (χ2n) is 2.52. The van der Waals surface area contributed by atoms with Crippen LogP contribution in [-0.2, 0) is 10.1 Å². The van der Waals surface area contributed by atoms with Gasteiger partial charge >= 0.3 is 29.6 Å². The Hall–Kier alpha value is -0.270. The Balaban J connectivity index is 0. The van der Waals surface area contributed by atoms with Gasteiger partial charge < -0.3 is 10.9 Å². The molecular weight excluding hydrogens is 231 g/mol. The molecule has 0 aliphatic rings. The van der Waals surface area contributed by atoms with Crippen molar-refractivity contribution in [2.45, 2.75) is 4.90 Å². The second-order valence-corrected chi connectivity index (χ2v) is 3.94. The quantitative estimate of drug-likeness (QED) is 0.493. The van der Waals surface area contributed by atoms with E-state index in [9.17, 15) is 8.42 Å². The Kier molecular flexibility index (Phi) is 5.61. The molecule has 7 heteroatoms. The fourth-order valence-corrected chi connectivity index (χ4v) is 1.46. The van der Waals surface area contributed by atoms with Gasteiger partial charge in [0.2, 0.25) is 0 Å². The summed E-state index contributed by atoms with van der Waals surface area (Å²) in [6, 6.07) is 3.92. The minimum Gasteiger partial charge on any atom is -1.00 e. The average Bonchev–Trinajstić information content (AvgIpc) is 2.15. The molecule has 0 aliphatic carbocycles. The molecule has 1 aromatic carbocycles. The molecule has 1 rings (SSSR count). The fourth-order valence-electron chi connectivity index (χ4n) is 0.930. The van der Waals surface area contributed by atoms with Gasteiger partial charge in [-0.05, 0) is 0 Å². The number of benzene rings is 1. The van der Waals surface area contributed by atoms with Gasteiger partial charge in [0, 0.05) is 18.2 Å². The third kappa shape index (κ3) is 4.00. The van der Waals surface area contributed by atoms with Crippen LogP contribution >= 0.6 is 0 Å². The van der Waals surface area contributed by atoms with Gasteiger partial charge in [0.1, 0.15) is 16.4 Å². The van der Waals surface area contributed by atoms with Gasteiger partial charge in [0.15, 0.2) is 0 Å². The molecule has 0 atom stereocenters. The average molecular weight is 242 g/mol. The number of ether oxygens (including phenoxy) is 2. The summed E-state index contributed by atoms with van der Waals surface area (Å²) in [5.41, 5.74) is 0. The first kappa shape index (κ1) is 14.7. The molecule has 80 valence electrons. The van der Waals surface area contributed by atoms with E-state index in [1.807, 2.05) is 0 Å². The van der Waals surface area contributed by atoms with E-state index in [1.54, 1.807) is 0 Å². The van der Waals surface area contributed by atoms with Crippen LogP contribution < -0.4 is 39.0 Å². The van der Waals surface area contributed by atoms with Crippen LogP contribution in [0.1, 0.15) is 1.43 Å². The third-order valence-electron chi connectivity index (χ3n) is 1.62. The summed E-state index contributed by atoms with van der Waals surface area (Å²) in [5.74, 6) is 0.606. The molecule has 5 nitrogen and oxygen atoms in total. The maximum atomic E-state index is 10.8. The zero-order valence-electron chi connectivity index (χ0n) is 9.72. The molecular formula is C8H11NaO5S. The van der Waals surface area contributed by atoms with Gasteiger partial charge in [-0.1, -0.05) is 0 Å². The van der Waals surface area contributed by atoms with Crippen LogP contribution in [0.4, 0.5) is 0 Å². The molecule has 0 amide bonds. The summed E-state index contributed by atoms with van der Waals surface area (Å²) in [4.78, 5) is -0.256. The van der Waals surface area contributed by atoms with Gasteiger partial charge in [0.25, 0.3) is 10.1 Å². The van der Waals surface area contributed by atoms with Crippen LogP contribution in [-0.4, -0.2) is 27.2 Å². The van der Waals surface area contributed by atoms with Crippen molar-refractivity contribution in [3.63, 3.8) is 0 Å². The van der Waals surface area contributed by atoms with E-state index >= 15 is 0 Å². The number of methoxy groups -OCH3 is 2. The molecule has 0 heterocycles. The second kappa shape index (κ2) is 5.72. The number of hydrogen-bond acceptors (Lipinski definition) is 4. The standard InChI is InChI=1S/C8H10O5S.Na.H/c1-12-6-3-7(13-2)5-8(4-6)14(9,10)11;;/h3-5H,1-2H3,(H,9,10,11);;/q;+1;-1. The number of rotatable bonds is 3. The van der Waals surface area contributed by atoms with E-state index in [4.69, 9.17) is 14.0 Å². The first-order chi connectivity index (χ1) is 6.47. The van der Waals surface area contributed by atoms with Gasteiger partial charge in [0.05, 0.1) is 14.2 Å². The summed E-state index contributed by atoms with van der Waals surface area (Å²) in [7, 11) is -1.45. The maximum absolute atomic E-state index is 10.8. The van der Waals surface area contributed by atoms with Crippen molar-refractivity contribution in [2.24, 2.45) is 0 Å². The molecule has 0 spiro atoms. The Morgan fingerprint density at radius 2 is 1.53 bits per heavy atom. The molecule has 0 saturated heterocycles. The van der Waals surface area contributed by atoms with Crippen molar-refractivity contribution in [2.75, 3.05) is 14.2 Å². The summed E-state index contributed by atoms with van der Waals surface area (Å²) >= 11 is 0. The van der Waals surface area contributed by atoms with E-state index in [1.165, 1.54) is 32.4 Å². The Morgan fingerprint density at radius 3 is 1.80 bits per heavy atom. The van der Waals surface area contributed by atoms with Crippen molar-refractivity contribution < 1.29 is 53.4 Å². The normalized spacial score (nSPS) is 10.3. The molecule has 0 fully saturated rings. The van der Waals surface area contributed by atoms with Crippen LogP contribution in [0, 0.1) is 0 Å². The van der Waals surface area contributed by atoms with Gasteiger partial charge in [-0.3, -0.25) is 4.55 Å². The van der Waals surface area contributed by atoms with Gasteiger partial charge in [-0.2, -0.15) is 8.42 Å². The predicted molar refractivity (Wildman–Crippen MR) is 50.5 cm³/mol. The summed E-state index contributed by atoms with van der Waals surface area (Å²) in [6.45, 7) is 0. The smallest absolute Gasteiger partial charge is 1.00 e. The monoisotopic (exact) mass is 242 g/mol. The first-order valence-corrected chi connectivity index (χ1v) is 5.12. The van der Waals surface area contributed by atoms with E-state index in [-0.39, 0.29) is 35.9 Å². The Bertz CT molecular complexity index is 412. The summed E-state index contributed by atoms with van der Waals surface area (Å²) in [6.07, 6.45) is 0. The molecule has 0 aliphatic heterocycles. The molecule has 0 saturated carbocycles. The molecule has 0 radical (unpaired) electrons. The van der Waals surface area contributed by atoms with E-state index in [0.717, 1.165) is 0 Å². The van der Waals surface area contributed by atoms with Crippen LogP contribution in [0.3, 0.4) is 0 Å². The number of hydrogen-bond donors (Lipinski definition) is 1. The van der Waals surface area contributed by atoms with Crippen LogP contribution in [0.15, 0.2) is 23.1 Å². The fraction of sp³-hybridized carbons (Fsp3) is 0.250. The minimum atomic E-state index is -4.23. The summed E-state index contributed by atoms with van der Waals surface area (Å²) < 4.78 is 40.1. The largest absolute Gasteiger partial charge is 1.00 e. The van der Waals surface area contributed by atoms with Crippen molar-refractivity contribution in [1.29, 1.82) is 0 Å². The summed E-state index contributed by atoms with van der Waals surface area (Å²) in [5, 5.41) is 0. The zero-order valence-corrected chi connectivity index (χ0v) is 11.5. The SMILES string of the molecule is COc1cc(OC)cc(S(=O)(=O)O)c1.[H-].[Na+]. The van der Waals surface area contributed by atoms with Crippen molar-refractivity contribution in [3.8, 4) is 11.5 Å². The Labute approximate surface area is 112 Å². The van der Waals surface area contributed by atoms with Gasteiger partial charge in [-0.15, -0.1) is 0 Å². The predicted octanol–water partition coefficient (Wildman–Crippen LogP) is -1.93. The maximum Gasteiger partial charge on any atom is 1.00 e. The van der Waals surface area contributed by atoms with E-state index < -0.39 is 10.1 Å². The third-order valence-corrected chi connectivity index (χ3v) is 2.45. The zero-order chi connectivity index (χ0) is 10.8. The van der Waals surface area contributed by atoms with E-state index in [2.05, 4.69) is 0 Å². The molecule has 1 N–H and O–H groups in total. The van der Waals surface area contributed by atoms with Crippen molar-refractivity contribution >= 4 is 10.1 Å². The van der Waals surface area contributed by atoms with Crippen LogP contribution in [0.5, 0.6) is 11.5 Å². The molecule has 0 bridgehead atoms. The van der Waals surface area contributed by atoms with Crippen LogP contribution in [0.25, 0.3) is 0 Å².